The number of fused-ring (bicyclic) bond motifs is 1. The van der Waals surface area contributed by atoms with Crippen LogP contribution in [0.1, 0.15) is 30.4 Å². The van der Waals surface area contributed by atoms with Crippen molar-refractivity contribution in [2.24, 2.45) is 5.73 Å². The van der Waals surface area contributed by atoms with Crippen LogP contribution < -0.4 is 19.9 Å². The molecule has 0 saturated heterocycles. The molecule has 1 aliphatic rings. The number of aromatic hydroxyl groups is 1. The van der Waals surface area contributed by atoms with Crippen molar-refractivity contribution in [1.29, 1.82) is 5.26 Å². The number of phenols is 1. The van der Waals surface area contributed by atoms with Gasteiger partial charge in [0.2, 0.25) is 11.8 Å². The van der Waals surface area contributed by atoms with E-state index in [1.54, 1.807) is 18.2 Å². The highest BCUT2D eigenvalue weighted by Gasteiger charge is 2.36. The Morgan fingerprint density at radius 1 is 1.26 bits per heavy atom. The second-order valence-electron chi connectivity index (χ2n) is 7.05. The van der Waals surface area contributed by atoms with Crippen LogP contribution in [-0.2, 0) is 0 Å². The first-order valence-corrected chi connectivity index (χ1v) is 9.83. The summed E-state index contributed by atoms with van der Waals surface area (Å²) in [5.41, 5.74) is 9.12. The number of nitrogens with two attached hydrogens (primary N) is 1. The molecule has 8 heteroatoms. The maximum Gasteiger partial charge on any atom is 0.244 e. The number of H-pyrrole nitrogens is 1. The van der Waals surface area contributed by atoms with Crippen LogP contribution in [0.15, 0.2) is 53.9 Å². The van der Waals surface area contributed by atoms with Crippen molar-refractivity contribution in [3.63, 3.8) is 0 Å². The molecule has 1 unspecified atom stereocenters. The Balaban J connectivity index is 1.82. The molecule has 1 aromatic heterocycles. The Hall–Kier alpha value is -4.12. The molecular weight excluding hydrogens is 396 g/mol. The highest BCUT2D eigenvalue weighted by Crippen LogP contribution is 2.46. The van der Waals surface area contributed by atoms with Crippen molar-refractivity contribution in [3.05, 3.63) is 65.0 Å². The van der Waals surface area contributed by atoms with Crippen LogP contribution >= 0.6 is 0 Å². The summed E-state index contributed by atoms with van der Waals surface area (Å²) >= 11 is 0. The minimum absolute atomic E-state index is 0.0170. The van der Waals surface area contributed by atoms with Gasteiger partial charge in [-0.1, -0.05) is 13.0 Å². The topological polar surface area (TPSA) is 126 Å². The Morgan fingerprint density at radius 2 is 2.03 bits per heavy atom. The highest BCUT2D eigenvalue weighted by molar-refractivity contribution is 5.71. The first-order chi connectivity index (χ1) is 15.1. The van der Waals surface area contributed by atoms with Gasteiger partial charge in [-0.25, -0.2) is 0 Å². The third-order valence-corrected chi connectivity index (χ3v) is 5.09. The molecule has 4 N–H and O–H groups in total. The van der Waals surface area contributed by atoms with Crippen molar-refractivity contribution >= 4 is 0 Å². The Labute approximate surface area is 179 Å². The number of nitriles is 1. The zero-order valence-corrected chi connectivity index (χ0v) is 17.2. The number of aromatic amines is 1. The molecule has 158 valence electrons. The van der Waals surface area contributed by atoms with Crippen LogP contribution in [-0.4, -0.2) is 29.0 Å². The van der Waals surface area contributed by atoms with E-state index in [1.165, 1.54) is 7.11 Å². The van der Waals surface area contributed by atoms with Crippen molar-refractivity contribution in [1.82, 2.24) is 10.2 Å². The van der Waals surface area contributed by atoms with Crippen molar-refractivity contribution in [2.75, 3.05) is 13.7 Å². The fraction of sp³-hybridized carbons (Fsp3) is 0.217. The number of phenolic OH excluding ortho intramolecular Hbond substituents is 1. The fourth-order valence-electron chi connectivity index (χ4n) is 3.62. The zero-order chi connectivity index (χ0) is 22.0. The summed E-state index contributed by atoms with van der Waals surface area (Å²) in [5, 5.41) is 27.4. The minimum Gasteiger partial charge on any atom is -0.504 e. The van der Waals surface area contributed by atoms with Crippen LogP contribution in [0.2, 0.25) is 0 Å². The number of allylic oxidation sites excluding steroid dienone is 1. The average Bonchev–Trinajstić information content (AvgIpc) is 3.20. The molecule has 0 amide bonds. The summed E-state index contributed by atoms with van der Waals surface area (Å²) < 4.78 is 16.4. The average molecular weight is 418 g/mol. The van der Waals surface area contributed by atoms with E-state index in [1.807, 2.05) is 31.2 Å². The van der Waals surface area contributed by atoms with E-state index in [9.17, 15) is 10.4 Å². The molecular formula is C23H22N4O4. The quantitative estimate of drug-likeness (QED) is 0.556. The summed E-state index contributed by atoms with van der Waals surface area (Å²) in [7, 11) is 1.47. The second-order valence-corrected chi connectivity index (χ2v) is 7.05. The molecule has 0 radical (unpaired) electrons. The van der Waals surface area contributed by atoms with Crippen molar-refractivity contribution < 1.29 is 19.3 Å². The third-order valence-electron chi connectivity index (χ3n) is 5.09. The van der Waals surface area contributed by atoms with Gasteiger partial charge in [-0.15, -0.1) is 5.10 Å². The lowest BCUT2D eigenvalue weighted by Gasteiger charge is -2.24. The van der Waals surface area contributed by atoms with E-state index in [2.05, 4.69) is 16.3 Å². The van der Waals surface area contributed by atoms with Gasteiger partial charge in [0.05, 0.1) is 30.9 Å². The summed E-state index contributed by atoms with van der Waals surface area (Å²) in [5.74, 6) is 0.770. The molecule has 3 aromatic rings. The van der Waals surface area contributed by atoms with E-state index in [0.717, 1.165) is 17.7 Å². The van der Waals surface area contributed by atoms with Gasteiger partial charge in [0.15, 0.2) is 11.5 Å². The lowest BCUT2D eigenvalue weighted by atomic mass is 9.83. The predicted octanol–water partition coefficient (Wildman–Crippen LogP) is 3.80. The number of hydrogen-bond donors (Lipinski definition) is 3. The molecule has 1 atom stereocenters. The molecule has 0 fully saturated rings. The predicted molar refractivity (Wildman–Crippen MR) is 114 cm³/mol. The van der Waals surface area contributed by atoms with Gasteiger partial charge in [0, 0.05) is 5.56 Å². The molecule has 2 heterocycles. The summed E-state index contributed by atoms with van der Waals surface area (Å²) in [4.78, 5) is 0. The summed E-state index contributed by atoms with van der Waals surface area (Å²) in [6.07, 6.45) is 0.925. The van der Waals surface area contributed by atoms with Crippen LogP contribution in [0.3, 0.4) is 0 Å². The lowest BCUT2D eigenvalue weighted by Crippen LogP contribution is -2.21. The summed E-state index contributed by atoms with van der Waals surface area (Å²) in [6.45, 7) is 2.69. The van der Waals surface area contributed by atoms with Gasteiger partial charge in [-0.3, -0.25) is 5.10 Å². The van der Waals surface area contributed by atoms with Gasteiger partial charge in [0.1, 0.15) is 17.4 Å². The molecule has 0 saturated carbocycles. The second kappa shape index (κ2) is 8.32. The maximum atomic E-state index is 10.3. The van der Waals surface area contributed by atoms with E-state index in [0.29, 0.717) is 29.2 Å². The first-order valence-electron chi connectivity index (χ1n) is 9.83. The Morgan fingerprint density at radius 3 is 2.68 bits per heavy atom. The van der Waals surface area contributed by atoms with E-state index < -0.39 is 5.92 Å². The van der Waals surface area contributed by atoms with E-state index in [-0.39, 0.29) is 23.1 Å². The van der Waals surface area contributed by atoms with Gasteiger partial charge in [-0.05, 0) is 48.4 Å². The lowest BCUT2D eigenvalue weighted by molar-refractivity contribution is 0.317. The number of ether oxygens (including phenoxy) is 3. The van der Waals surface area contributed by atoms with Gasteiger partial charge in [-0.2, -0.15) is 5.26 Å². The van der Waals surface area contributed by atoms with Crippen LogP contribution in [0.5, 0.6) is 23.1 Å². The van der Waals surface area contributed by atoms with Gasteiger partial charge in [0.25, 0.3) is 0 Å². The van der Waals surface area contributed by atoms with Crippen LogP contribution in [0.25, 0.3) is 11.3 Å². The number of aromatic nitrogens is 2. The molecule has 8 nitrogen and oxygen atoms in total. The maximum absolute atomic E-state index is 10.3. The minimum atomic E-state index is -0.574. The molecule has 0 spiro atoms. The van der Waals surface area contributed by atoms with Crippen molar-refractivity contribution in [3.8, 4) is 40.5 Å². The number of nitrogens with one attached hydrogen (secondary N) is 1. The molecule has 31 heavy (non-hydrogen) atoms. The third kappa shape index (κ3) is 3.62. The monoisotopic (exact) mass is 418 g/mol. The normalized spacial score (nSPS) is 15.1. The first kappa shape index (κ1) is 20.2. The van der Waals surface area contributed by atoms with Gasteiger partial charge >= 0.3 is 0 Å². The molecule has 4 rings (SSSR count). The molecule has 1 aliphatic heterocycles. The van der Waals surface area contributed by atoms with Gasteiger partial charge < -0.3 is 25.1 Å². The number of nitrogens with zero attached hydrogens (tertiary/aromatic N) is 2. The van der Waals surface area contributed by atoms with Crippen molar-refractivity contribution in [2.45, 2.75) is 19.3 Å². The van der Waals surface area contributed by atoms with Crippen LogP contribution in [0.4, 0.5) is 0 Å². The number of hydrogen-bond acceptors (Lipinski definition) is 7. The Bertz CT molecular complexity index is 1180. The highest BCUT2D eigenvalue weighted by atomic mass is 16.5. The Kier molecular flexibility index (Phi) is 5.41. The zero-order valence-electron chi connectivity index (χ0n) is 17.2. The van der Waals surface area contributed by atoms with E-state index in [4.69, 9.17) is 19.9 Å². The molecule has 0 bridgehead atoms. The largest absolute Gasteiger partial charge is 0.504 e. The number of benzene rings is 2. The SMILES string of the molecule is CCCOc1ccc(-c2[nH]nc3c2C(c2ccc(OC)c(O)c2)C(C#N)=C(N)O3)cc1. The van der Waals surface area contributed by atoms with Crippen LogP contribution in [0, 0.1) is 11.3 Å². The standard InChI is InChI=1S/C23H22N4O4/c1-3-10-30-15-7-4-13(5-8-15)21-20-19(14-6-9-18(29-2)17(28)11-14)16(12-24)22(25)31-23(20)27-26-21/h4-9,11,19,28H,3,10,25H2,1-2H3,(H,26,27). The smallest absolute Gasteiger partial charge is 0.244 e. The fourth-order valence-corrected chi connectivity index (χ4v) is 3.62. The molecule has 2 aromatic carbocycles. The summed E-state index contributed by atoms with van der Waals surface area (Å²) in [6, 6.07) is 14.7. The molecule has 0 aliphatic carbocycles. The number of methoxy groups -OCH3 is 1. The van der Waals surface area contributed by atoms with E-state index >= 15 is 0 Å². The number of rotatable bonds is 6.